The third-order valence-corrected chi connectivity index (χ3v) is 7.88. The summed E-state index contributed by atoms with van der Waals surface area (Å²) in [5, 5.41) is -0.352. The average molecular weight is 613 g/mol. The van der Waals surface area contributed by atoms with Crippen molar-refractivity contribution in [3.63, 3.8) is 0 Å². The molecule has 1 atom stereocenters. The number of methoxy groups -OCH3 is 1. The lowest BCUT2D eigenvalue weighted by atomic mass is 10.1. The molecular weight excluding hydrogens is 601 g/mol. The lowest BCUT2D eigenvalue weighted by Crippen LogP contribution is -2.23. The molecule has 0 aliphatic heterocycles. The molecule has 1 aromatic heterocycles. The summed E-state index contributed by atoms with van der Waals surface area (Å²) in [7, 11) is -3.69. The minimum atomic E-state index is -5.07. The van der Waals surface area contributed by atoms with Crippen molar-refractivity contribution < 1.29 is 39.3 Å². The fourth-order valence-electron chi connectivity index (χ4n) is 3.52. The Labute approximate surface area is 213 Å². The largest absolute Gasteiger partial charge is 0.495 e. The molecule has 6 nitrogen and oxygen atoms in total. The molecule has 4 rings (SSSR count). The first-order chi connectivity index (χ1) is 16.9. The second-order valence-corrected chi connectivity index (χ2v) is 10.4. The van der Waals surface area contributed by atoms with E-state index < -0.39 is 60.8 Å². The van der Waals surface area contributed by atoms with E-state index in [9.17, 15) is 35.2 Å². The van der Waals surface area contributed by atoms with E-state index in [1.807, 2.05) is 0 Å². The summed E-state index contributed by atoms with van der Waals surface area (Å²) in [4.78, 5) is 12.1. The Kier molecular flexibility index (Phi) is 6.92. The fraction of sp³-hybridized carbons (Fsp3) is 0.136. The molecule has 14 heteroatoms. The van der Waals surface area contributed by atoms with Crippen LogP contribution in [0.5, 0.6) is 5.75 Å². The number of fused-ring (bicyclic) bond motifs is 1. The highest BCUT2D eigenvalue weighted by atomic mass is 79.9. The number of nitrogens with zero attached hydrogens (tertiary/aromatic N) is 1. The predicted octanol–water partition coefficient (Wildman–Crippen LogP) is 5.57. The van der Waals surface area contributed by atoms with E-state index >= 15 is 0 Å². The maximum absolute atomic E-state index is 14.0. The van der Waals surface area contributed by atoms with Crippen LogP contribution in [0.4, 0.5) is 22.0 Å². The van der Waals surface area contributed by atoms with Crippen molar-refractivity contribution >= 4 is 54.2 Å². The molecule has 0 amide bonds. The van der Waals surface area contributed by atoms with Gasteiger partial charge in [-0.2, -0.15) is 17.2 Å². The normalized spacial score (nSPS) is 16.3. The molecule has 0 fully saturated rings. The highest BCUT2D eigenvalue weighted by Crippen LogP contribution is 2.36. The molecule has 1 aliphatic rings. The summed E-state index contributed by atoms with van der Waals surface area (Å²) < 4.78 is 105. The van der Waals surface area contributed by atoms with E-state index in [1.54, 1.807) is 6.08 Å². The van der Waals surface area contributed by atoms with Crippen LogP contribution in [0, 0.1) is 29.1 Å². The van der Waals surface area contributed by atoms with Crippen molar-refractivity contribution in [2.24, 2.45) is 0 Å². The molecule has 1 unspecified atom stereocenters. The maximum Gasteiger partial charge on any atom is 0.339 e. The Morgan fingerprint density at radius 2 is 1.61 bits per heavy atom. The number of benzene rings is 2. The first-order valence-electron chi connectivity index (χ1n) is 9.77. The highest BCUT2D eigenvalue weighted by Gasteiger charge is 2.31. The zero-order valence-corrected chi connectivity index (χ0v) is 20.9. The maximum atomic E-state index is 14.0. The fourth-order valence-corrected chi connectivity index (χ4v) is 5.07. The van der Waals surface area contributed by atoms with E-state index in [2.05, 4.69) is 20.1 Å². The van der Waals surface area contributed by atoms with Crippen LogP contribution in [0.1, 0.15) is 6.42 Å². The number of hydrogen-bond donors (Lipinski definition) is 0. The lowest BCUT2D eigenvalue weighted by Gasteiger charge is -2.23. The second kappa shape index (κ2) is 9.52. The lowest BCUT2D eigenvalue weighted by molar-refractivity contribution is 0.304. The summed E-state index contributed by atoms with van der Waals surface area (Å²) in [5.74, 6) is -13.7. The molecule has 36 heavy (non-hydrogen) atoms. The van der Waals surface area contributed by atoms with Gasteiger partial charge in [0.2, 0.25) is 34.8 Å². The molecule has 0 bridgehead atoms. The molecule has 0 N–H and O–H groups in total. The molecule has 1 aliphatic carbocycles. The van der Waals surface area contributed by atoms with Gasteiger partial charge in [0.05, 0.1) is 23.7 Å². The van der Waals surface area contributed by atoms with Crippen LogP contribution in [-0.4, -0.2) is 25.5 Å². The van der Waals surface area contributed by atoms with Crippen molar-refractivity contribution in [2.45, 2.75) is 16.7 Å². The number of ether oxygens (including phenoxy) is 1. The monoisotopic (exact) mass is 611 g/mol. The Bertz CT molecular complexity index is 1630. The van der Waals surface area contributed by atoms with Gasteiger partial charge in [-0.1, -0.05) is 15.9 Å². The van der Waals surface area contributed by atoms with E-state index in [-0.39, 0.29) is 17.3 Å². The van der Waals surface area contributed by atoms with Crippen molar-refractivity contribution in [3.8, 4) is 5.75 Å². The second-order valence-electron chi connectivity index (χ2n) is 7.38. The standard InChI is InChI=1S/C22H12BrClF5NO5S/c1-34-15-7-11(23)12(24)8-14(15)30-13-4-3-10(6-9(13)2-5-16(30)31)36(32,33)35-22-20(28)18(26)17(25)19(27)21(22)29/h2-7,12H,8H2,1H3. The van der Waals surface area contributed by atoms with E-state index in [0.717, 1.165) is 18.2 Å². The van der Waals surface area contributed by atoms with Crippen molar-refractivity contribution in [2.75, 3.05) is 7.11 Å². The zero-order chi connectivity index (χ0) is 26.5. The number of rotatable bonds is 5. The first kappa shape index (κ1) is 26.2. The molecular formula is C22H12BrClF5NO5S. The highest BCUT2D eigenvalue weighted by molar-refractivity contribution is 9.11. The summed E-state index contributed by atoms with van der Waals surface area (Å²) in [6.07, 6.45) is 1.75. The molecule has 190 valence electrons. The number of allylic oxidation sites excluding steroid dienone is 3. The van der Waals surface area contributed by atoms with Crippen LogP contribution in [0.3, 0.4) is 0 Å². The van der Waals surface area contributed by atoms with Crippen molar-refractivity contribution in [3.05, 3.63) is 86.1 Å². The van der Waals surface area contributed by atoms with Gasteiger partial charge in [0.15, 0.2) is 0 Å². The Morgan fingerprint density at radius 3 is 2.22 bits per heavy atom. The van der Waals surface area contributed by atoms with E-state index in [4.69, 9.17) is 16.3 Å². The summed E-state index contributed by atoms with van der Waals surface area (Å²) in [6, 6.07) is 5.58. The van der Waals surface area contributed by atoms with Crippen LogP contribution in [0.2, 0.25) is 0 Å². The number of hydrogen-bond acceptors (Lipinski definition) is 5. The SMILES string of the molecule is COC1=C(n2c(=O)ccc3cc(S(=O)(=O)Oc4c(F)c(F)c(F)c(F)c4F)ccc32)CC(Cl)C(Br)=C1. The Balaban J connectivity index is 1.84. The van der Waals surface area contributed by atoms with E-state index in [1.165, 1.54) is 23.8 Å². The van der Waals surface area contributed by atoms with Gasteiger partial charge in [-0.25, -0.2) is 13.2 Å². The van der Waals surface area contributed by atoms with Crippen LogP contribution < -0.4 is 9.74 Å². The van der Waals surface area contributed by atoms with Crippen LogP contribution in [0.25, 0.3) is 16.6 Å². The molecule has 1 heterocycles. The number of alkyl halides is 1. The van der Waals surface area contributed by atoms with Crippen molar-refractivity contribution in [1.82, 2.24) is 4.57 Å². The van der Waals surface area contributed by atoms with Gasteiger partial charge in [0.25, 0.3) is 5.56 Å². The molecule has 0 saturated carbocycles. The smallest absolute Gasteiger partial charge is 0.339 e. The molecule has 2 aromatic carbocycles. The third-order valence-electron chi connectivity index (χ3n) is 5.23. The molecule has 3 aromatic rings. The van der Waals surface area contributed by atoms with Gasteiger partial charge in [0.1, 0.15) is 10.7 Å². The van der Waals surface area contributed by atoms with Gasteiger partial charge in [-0.05, 0) is 30.3 Å². The average Bonchev–Trinajstić information content (AvgIpc) is 2.85. The van der Waals surface area contributed by atoms with Crippen LogP contribution in [0.15, 0.2) is 56.3 Å². The van der Waals surface area contributed by atoms with Crippen molar-refractivity contribution in [1.29, 1.82) is 0 Å². The number of pyridine rings is 1. The van der Waals surface area contributed by atoms with Gasteiger partial charge >= 0.3 is 10.1 Å². The Hall–Kier alpha value is -2.90. The molecule has 0 spiro atoms. The Morgan fingerprint density at radius 1 is 1.00 bits per heavy atom. The minimum Gasteiger partial charge on any atom is -0.495 e. The number of aromatic nitrogens is 1. The van der Waals surface area contributed by atoms with Crippen LogP contribution in [-0.2, 0) is 14.9 Å². The summed E-state index contributed by atoms with van der Waals surface area (Å²) in [6.45, 7) is 0. The van der Waals surface area contributed by atoms with Crippen LogP contribution >= 0.6 is 27.5 Å². The zero-order valence-electron chi connectivity index (χ0n) is 17.8. The van der Waals surface area contributed by atoms with Gasteiger partial charge in [0, 0.05) is 22.4 Å². The molecule has 0 saturated heterocycles. The third kappa shape index (κ3) is 4.39. The summed E-state index contributed by atoms with van der Waals surface area (Å²) >= 11 is 9.61. The van der Waals surface area contributed by atoms with Gasteiger partial charge in [-0.3, -0.25) is 9.36 Å². The topological polar surface area (TPSA) is 74.6 Å². The minimum absolute atomic E-state index is 0.166. The van der Waals surface area contributed by atoms with Gasteiger partial charge < -0.3 is 8.92 Å². The number of halogens is 7. The first-order valence-corrected chi connectivity index (χ1v) is 12.4. The van der Waals surface area contributed by atoms with E-state index in [0.29, 0.717) is 15.9 Å². The molecule has 0 radical (unpaired) electrons. The van der Waals surface area contributed by atoms with Gasteiger partial charge in [-0.15, -0.1) is 11.6 Å². The predicted molar refractivity (Wildman–Crippen MR) is 124 cm³/mol. The summed E-state index contributed by atoms with van der Waals surface area (Å²) in [5.41, 5.74) is 0.109. The quantitative estimate of drug-likeness (QED) is 0.124.